The van der Waals surface area contributed by atoms with Crippen molar-refractivity contribution in [1.82, 2.24) is 9.62 Å². The maximum Gasteiger partial charge on any atom is 0.240 e. The van der Waals surface area contributed by atoms with Gasteiger partial charge in [0.05, 0.1) is 4.90 Å². The van der Waals surface area contributed by atoms with Gasteiger partial charge in [-0.15, -0.1) is 0 Å². The maximum atomic E-state index is 11.6. The minimum atomic E-state index is -3.34. The van der Waals surface area contributed by atoms with Gasteiger partial charge in [-0.25, -0.2) is 13.1 Å². The van der Waals surface area contributed by atoms with Crippen molar-refractivity contribution >= 4 is 15.7 Å². The molecule has 0 spiro atoms. The molecule has 1 saturated heterocycles. The minimum absolute atomic E-state index is 0.293. The molecular weight excluding hydrogens is 262 g/mol. The van der Waals surface area contributed by atoms with Gasteiger partial charge in [-0.05, 0) is 57.7 Å². The van der Waals surface area contributed by atoms with Crippen LogP contribution < -0.4 is 10.0 Å². The Balaban J connectivity index is 2.03. The molecule has 19 heavy (non-hydrogen) atoms. The molecule has 1 unspecified atom stereocenters. The second kappa shape index (κ2) is 5.90. The summed E-state index contributed by atoms with van der Waals surface area (Å²) in [5, 5.41) is 3.45. The molecule has 0 bridgehead atoms. The van der Waals surface area contributed by atoms with E-state index in [1.54, 1.807) is 12.1 Å². The van der Waals surface area contributed by atoms with Crippen molar-refractivity contribution in [2.75, 3.05) is 32.5 Å². The van der Waals surface area contributed by atoms with Gasteiger partial charge in [-0.1, -0.05) is 0 Å². The second-order valence-electron chi connectivity index (χ2n) is 4.98. The maximum absolute atomic E-state index is 11.6. The van der Waals surface area contributed by atoms with E-state index in [-0.39, 0.29) is 0 Å². The number of hydrogen-bond donors (Lipinski definition) is 2. The average Bonchev–Trinajstić information content (AvgIpc) is 2.39. The zero-order chi connectivity index (χ0) is 13.9. The van der Waals surface area contributed by atoms with Crippen LogP contribution in [-0.2, 0) is 10.0 Å². The Kier molecular flexibility index (Phi) is 4.44. The molecule has 0 aromatic heterocycles. The van der Waals surface area contributed by atoms with Gasteiger partial charge in [0, 0.05) is 18.3 Å². The molecule has 1 aliphatic rings. The van der Waals surface area contributed by atoms with Crippen molar-refractivity contribution in [3.05, 3.63) is 24.3 Å². The minimum Gasteiger partial charge on any atom is -0.381 e. The molecule has 1 aromatic rings. The first-order chi connectivity index (χ1) is 9.01. The van der Waals surface area contributed by atoms with Gasteiger partial charge < -0.3 is 10.2 Å². The van der Waals surface area contributed by atoms with Crippen LogP contribution in [0.1, 0.15) is 12.8 Å². The number of rotatable bonds is 4. The van der Waals surface area contributed by atoms with Crippen molar-refractivity contribution in [3.8, 4) is 0 Å². The highest BCUT2D eigenvalue weighted by atomic mass is 32.2. The number of benzene rings is 1. The van der Waals surface area contributed by atoms with Crippen molar-refractivity contribution in [2.45, 2.75) is 23.8 Å². The number of sulfonamides is 1. The van der Waals surface area contributed by atoms with Gasteiger partial charge in [0.15, 0.2) is 0 Å². The van der Waals surface area contributed by atoms with Crippen molar-refractivity contribution in [3.63, 3.8) is 0 Å². The van der Waals surface area contributed by atoms with Gasteiger partial charge in [0.2, 0.25) is 10.0 Å². The predicted molar refractivity (Wildman–Crippen MR) is 76.8 cm³/mol. The molecule has 1 atom stereocenters. The van der Waals surface area contributed by atoms with Gasteiger partial charge in [0.25, 0.3) is 0 Å². The molecule has 0 radical (unpaired) electrons. The summed E-state index contributed by atoms with van der Waals surface area (Å²) < 4.78 is 25.5. The van der Waals surface area contributed by atoms with Crippen LogP contribution in [0.15, 0.2) is 29.2 Å². The highest BCUT2D eigenvalue weighted by molar-refractivity contribution is 7.89. The Hall–Kier alpha value is -1.11. The fraction of sp³-hybridized carbons (Fsp3) is 0.538. The number of anilines is 1. The average molecular weight is 283 g/mol. The van der Waals surface area contributed by atoms with E-state index in [0.29, 0.717) is 10.9 Å². The molecule has 0 aliphatic carbocycles. The van der Waals surface area contributed by atoms with E-state index in [1.807, 2.05) is 12.1 Å². The molecule has 5 nitrogen and oxygen atoms in total. The van der Waals surface area contributed by atoms with Gasteiger partial charge in [-0.2, -0.15) is 0 Å². The van der Waals surface area contributed by atoms with Crippen molar-refractivity contribution < 1.29 is 8.42 Å². The third-order valence-corrected chi connectivity index (χ3v) is 4.86. The molecule has 2 rings (SSSR count). The monoisotopic (exact) mass is 283 g/mol. The molecule has 0 amide bonds. The van der Waals surface area contributed by atoms with E-state index in [1.165, 1.54) is 13.5 Å². The first-order valence-corrected chi connectivity index (χ1v) is 7.98. The summed E-state index contributed by atoms with van der Waals surface area (Å²) in [6.45, 7) is 2.17. The Morgan fingerprint density at radius 2 is 1.95 bits per heavy atom. The molecular formula is C13H21N3O2S. The predicted octanol–water partition coefficient (Wildman–Crippen LogP) is 1.10. The lowest BCUT2D eigenvalue weighted by Gasteiger charge is -2.30. The van der Waals surface area contributed by atoms with Crippen LogP contribution >= 0.6 is 0 Å². The van der Waals surface area contributed by atoms with E-state index >= 15 is 0 Å². The van der Waals surface area contributed by atoms with Crippen LogP contribution in [0.5, 0.6) is 0 Å². The Bertz CT molecular complexity index is 513. The SMILES string of the molecule is CNS(=O)(=O)c1ccc(NC2CCCN(C)C2)cc1. The van der Waals surface area contributed by atoms with Crippen LogP contribution in [0.3, 0.4) is 0 Å². The molecule has 2 N–H and O–H groups in total. The summed E-state index contributed by atoms with van der Waals surface area (Å²) in [7, 11) is 0.195. The Labute approximate surface area is 115 Å². The summed E-state index contributed by atoms with van der Waals surface area (Å²) in [6, 6.07) is 7.32. The van der Waals surface area contributed by atoms with Crippen LogP contribution in [-0.4, -0.2) is 46.5 Å². The van der Waals surface area contributed by atoms with Gasteiger partial charge >= 0.3 is 0 Å². The van der Waals surface area contributed by atoms with Crippen molar-refractivity contribution in [1.29, 1.82) is 0 Å². The molecule has 0 saturated carbocycles. The van der Waals surface area contributed by atoms with Crippen LogP contribution in [0.4, 0.5) is 5.69 Å². The fourth-order valence-corrected chi connectivity index (χ4v) is 3.10. The first-order valence-electron chi connectivity index (χ1n) is 6.50. The number of nitrogens with zero attached hydrogens (tertiary/aromatic N) is 1. The van der Waals surface area contributed by atoms with E-state index in [4.69, 9.17) is 0 Å². The van der Waals surface area contributed by atoms with E-state index in [2.05, 4.69) is 22.0 Å². The Morgan fingerprint density at radius 3 is 2.53 bits per heavy atom. The normalized spacial score (nSPS) is 21.3. The molecule has 1 fully saturated rings. The lowest BCUT2D eigenvalue weighted by Crippen LogP contribution is -2.39. The summed E-state index contributed by atoms with van der Waals surface area (Å²) in [5.41, 5.74) is 0.968. The highest BCUT2D eigenvalue weighted by Gasteiger charge is 2.17. The van der Waals surface area contributed by atoms with Crippen LogP contribution in [0.2, 0.25) is 0 Å². The molecule has 6 heteroatoms. The molecule has 1 heterocycles. The van der Waals surface area contributed by atoms with Crippen LogP contribution in [0, 0.1) is 0 Å². The first kappa shape index (κ1) is 14.3. The van der Waals surface area contributed by atoms with E-state index < -0.39 is 10.0 Å². The standard InChI is InChI=1S/C13H21N3O2S/c1-14-19(17,18)13-7-5-11(6-8-13)15-12-4-3-9-16(2)10-12/h5-8,12,14-15H,3-4,9-10H2,1-2H3. The highest BCUT2D eigenvalue weighted by Crippen LogP contribution is 2.17. The second-order valence-corrected chi connectivity index (χ2v) is 6.86. The molecule has 1 aromatic carbocycles. The summed E-state index contributed by atoms with van der Waals surface area (Å²) >= 11 is 0. The van der Waals surface area contributed by atoms with Crippen molar-refractivity contribution in [2.24, 2.45) is 0 Å². The number of nitrogens with one attached hydrogen (secondary N) is 2. The van der Waals surface area contributed by atoms with Gasteiger partial charge in [0.1, 0.15) is 0 Å². The summed E-state index contributed by atoms with van der Waals surface area (Å²) in [5.74, 6) is 0. The summed E-state index contributed by atoms with van der Waals surface area (Å²) in [6.07, 6.45) is 2.35. The van der Waals surface area contributed by atoms with Crippen LogP contribution in [0.25, 0.3) is 0 Å². The number of likely N-dealkylation sites (N-methyl/N-ethyl adjacent to an activating group) is 1. The third-order valence-electron chi connectivity index (χ3n) is 3.43. The molecule has 1 aliphatic heterocycles. The molecule has 106 valence electrons. The number of likely N-dealkylation sites (tertiary alicyclic amines) is 1. The van der Waals surface area contributed by atoms with Gasteiger partial charge in [-0.3, -0.25) is 0 Å². The number of piperidine rings is 1. The fourth-order valence-electron chi connectivity index (χ4n) is 2.37. The Morgan fingerprint density at radius 1 is 1.26 bits per heavy atom. The quantitative estimate of drug-likeness (QED) is 0.869. The largest absolute Gasteiger partial charge is 0.381 e. The third kappa shape index (κ3) is 3.68. The van der Waals surface area contributed by atoms with E-state index in [9.17, 15) is 8.42 Å². The van der Waals surface area contributed by atoms with E-state index in [0.717, 1.165) is 25.2 Å². The zero-order valence-corrected chi connectivity index (χ0v) is 12.2. The number of hydrogen-bond acceptors (Lipinski definition) is 4. The zero-order valence-electron chi connectivity index (χ0n) is 11.4. The summed E-state index contributed by atoms with van der Waals surface area (Å²) in [4.78, 5) is 2.60. The topological polar surface area (TPSA) is 61.4 Å². The lowest BCUT2D eigenvalue weighted by atomic mass is 10.1. The lowest BCUT2D eigenvalue weighted by molar-refractivity contribution is 0.261. The smallest absolute Gasteiger partial charge is 0.240 e.